The number of hydrogen-bond donors (Lipinski definition) is 1. The summed E-state index contributed by atoms with van der Waals surface area (Å²) in [6.07, 6.45) is 2.23. The van der Waals surface area contributed by atoms with Gasteiger partial charge in [0.15, 0.2) is 0 Å². The van der Waals surface area contributed by atoms with E-state index in [1.807, 2.05) is 6.92 Å². The van der Waals surface area contributed by atoms with Gasteiger partial charge in [0.1, 0.15) is 5.69 Å². The average Bonchev–Trinajstić information content (AvgIpc) is 2.48. The fourth-order valence-corrected chi connectivity index (χ4v) is 1.14. The highest BCUT2D eigenvalue weighted by Crippen LogP contribution is 2.15. The zero-order chi connectivity index (χ0) is 9.84. The molecule has 0 amide bonds. The maximum Gasteiger partial charge on any atom is 0.387 e. The number of nitro groups is 1. The van der Waals surface area contributed by atoms with Gasteiger partial charge in [-0.15, -0.1) is 0 Å². The molecule has 6 heteroatoms. The number of rotatable bonds is 4. The Hall–Kier alpha value is -1.43. The molecule has 1 rings (SSSR count). The molecule has 0 saturated carbocycles. The van der Waals surface area contributed by atoms with Crippen molar-refractivity contribution in [3.8, 4) is 0 Å². The zero-order valence-corrected chi connectivity index (χ0v) is 7.30. The van der Waals surface area contributed by atoms with Gasteiger partial charge >= 0.3 is 5.82 Å². The molecule has 0 aliphatic rings. The minimum Gasteiger partial charge on any atom is -0.390 e. The Morgan fingerprint density at radius 2 is 2.46 bits per heavy atom. The lowest BCUT2D eigenvalue weighted by atomic mass is 10.4. The first-order valence-electron chi connectivity index (χ1n) is 4.00. The molecule has 1 aromatic rings. The van der Waals surface area contributed by atoms with Crippen molar-refractivity contribution in [2.75, 3.05) is 0 Å². The van der Waals surface area contributed by atoms with Crippen molar-refractivity contribution >= 4 is 5.82 Å². The fourth-order valence-electron chi connectivity index (χ4n) is 1.14. The summed E-state index contributed by atoms with van der Waals surface area (Å²) < 4.78 is 1.60. The largest absolute Gasteiger partial charge is 0.390 e. The number of aliphatic hydroxyl groups excluding tert-OH is 1. The quantitative estimate of drug-likeness (QED) is 0.552. The standard InChI is InChI=1S/C7H11N3O3/c1-2-3-9-5-8-7(10(12)13)6(9)4-11/h5,11H,2-4H2,1H3. The van der Waals surface area contributed by atoms with Crippen LogP contribution in [0.15, 0.2) is 6.33 Å². The lowest BCUT2D eigenvalue weighted by Crippen LogP contribution is -2.03. The maximum atomic E-state index is 10.4. The second-order valence-electron chi connectivity index (χ2n) is 2.62. The smallest absolute Gasteiger partial charge is 0.387 e. The van der Waals surface area contributed by atoms with Crippen LogP contribution in [0, 0.1) is 10.1 Å². The number of aryl methyl sites for hydroxylation is 1. The summed E-state index contributed by atoms with van der Waals surface area (Å²) in [6, 6.07) is 0. The Balaban J connectivity index is 3.03. The summed E-state index contributed by atoms with van der Waals surface area (Å²) in [5.41, 5.74) is 0.270. The van der Waals surface area contributed by atoms with Crippen molar-refractivity contribution in [2.45, 2.75) is 26.5 Å². The summed E-state index contributed by atoms with van der Waals surface area (Å²) in [6.45, 7) is 2.24. The first-order chi connectivity index (χ1) is 6.20. The summed E-state index contributed by atoms with van der Waals surface area (Å²) in [5.74, 6) is -0.254. The summed E-state index contributed by atoms with van der Waals surface area (Å²) >= 11 is 0. The van der Waals surface area contributed by atoms with Crippen LogP contribution in [0.3, 0.4) is 0 Å². The number of hydrogen-bond acceptors (Lipinski definition) is 4. The number of imidazole rings is 1. The van der Waals surface area contributed by atoms with Gasteiger partial charge in [-0.25, -0.2) is 0 Å². The molecule has 6 nitrogen and oxygen atoms in total. The molecule has 0 fully saturated rings. The summed E-state index contributed by atoms with van der Waals surface area (Å²) in [5, 5.41) is 19.3. The van der Waals surface area contributed by atoms with E-state index in [1.165, 1.54) is 6.33 Å². The summed E-state index contributed by atoms with van der Waals surface area (Å²) in [7, 11) is 0. The predicted octanol–water partition coefficient (Wildman–Crippen LogP) is 0.694. The van der Waals surface area contributed by atoms with Gasteiger partial charge in [-0.1, -0.05) is 6.92 Å². The van der Waals surface area contributed by atoms with Gasteiger partial charge in [0.25, 0.3) is 0 Å². The monoisotopic (exact) mass is 185 g/mol. The van der Waals surface area contributed by atoms with E-state index in [1.54, 1.807) is 4.57 Å². The minimum atomic E-state index is -0.586. The van der Waals surface area contributed by atoms with Gasteiger partial charge in [-0.2, -0.15) is 0 Å². The van der Waals surface area contributed by atoms with Gasteiger partial charge in [0, 0.05) is 6.54 Å². The third-order valence-corrected chi connectivity index (χ3v) is 1.71. The van der Waals surface area contributed by atoms with E-state index in [0.717, 1.165) is 6.42 Å². The molecule has 0 bridgehead atoms. The molecule has 1 aromatic heterocycles. The van der Waals surface area contributed by atoms with Gasteiger partial charge < -0.3 is 19.8 Å². The van der Waals surface area contributed by atoms with E-state index in [-0.39, 0.29) is 18.1 Å². The second kappa shape index (κ2) is 3.99. The molecule has 0 unspecified atom stereocenters. The zero-order valence-electron chi connectivity index (χ0n) is 7.30. The highest BCUT2D eigenvalue weighted by atomic mass is 16.6. The first kappa shape index (κ1) is 9.66. The van der Waals surface area contributed by atoms with E-state index >= 15 is 0 Å². The van der Waals surface area contributed by atoms with Crippen LogP contribution >= 0.6 is 0 Å². The Morgan fingerprint density at radius 3 is 2.92 bits per heavy atom. The molecular formula is C7H11N3O3. The first-order valence-corrected chi connectivity index (χ1v) is 4.00. The predicted molar refractivity (Wildman–Crippen MR) is 45.1 cm³/mol. The number of nitrogens with zero attached hydrogens (tertiary/aromatic N) is 3. The third-order valence-electron chi connectivity index (χ3n) is 1.71. The molecule has 0 saturated heterocycles. The Bertz CT molecular complexity index is 308. The molecule has 13 heavy (non-hydrogen) atoms. The maximum absolute atomic E-state index is 10.4. The van der Waals surface area contributed by atoms with Crippen molar-refractivity contribution in [3.05, 3.63) is 22.1 Å². The lowest BCUT2D eigenvalue weighted by Gasteiger charge is -2.01. The highest BCUT2D eigenvalue weighted by Gasteiger charge is 2.19. The Kier molecular flexibility index (Phi) is 2.97. The minimum absolute atomic E-state index is 0.254. The van der Waals surface area contributed by atoms with Gasteiger partial charge in [0.2, 0.25) is 6.33 Å². The van der Waals surface area contributed by atoms with Crippen molar-refractivity contribution < 1.29 is 10.0 Å². The van der Waals surface area contributed by atoms with E-state index in [2.05, 4.69) is 4.98 Å². The molecule has 0 atom stereocenters. The van der Waals surface area contributed by atoms with Crippen LogP contribution in [0.2, 0.25) is 0 Å². The fraction of sp³-hybridized carbons (Fsp3) is 0.571. The molecule has 0 spiro atoms. The van der Waals surface area contributed by atoms with E-state index in [4.69, 9.17) is 5.11 Å². The molecule has 0 aromatic carbocycles. The van der Waals surface area contributed by atoms with E-state index in [0.29, 0.717) is 6.54 Å². The number of aliphatic hydroxyl groups is 1. The summed E-state index contributed by atoms with van der Waals surface area (Å²) in [4.78, 5) is 13.4. The van der Waals surface area contributed by atoms with Crippen LogP contribution in [0.1, 0.15) is 19.0 Å². The average molecular weight is 185 g/mol. The Morgan fingerprint density at radius 1 is 1.77 bits per heavy atom. The molecule has 0 aliphatic carbocycles. The molecule has 72 valence electrons. The van der Waals surface area contributed by atoms with Crippen LogP contribution in [-0.4, -0.2) is 19.6 Å². The van der Waals surface area contributed by atoms with Gasteiger partial charge in [-0.3, -0.25) is 0 Å². The van der Waals surface area contributed by atoms with Gasteiger partial charge in [0.05, 0.1) is 6.61 Å². The topological polar surface area (TPSA) is 81.2 Å². The van der Waals surface area contributed by atoms with Crippen LogP contribution in [0.4, 0.5) is 5.82 Å². The third kappa shape index (κ3) is 1.83. The van der Waals surface area contributed by atoms with E-state index < -0.39 is 4.92 Å². The normalized spacial score (nSPS) is 10.3. The molecule has 0 aliphatic heterocycles. The Labute approximate surface area is 75.0 Å². The van der Waals surface area contributed by atoms with E-state index in [9.17, 15) is 10.1 Å². The molecular weight excluding hydrogens is 174 g/mol. The van der Waals surface area contributed by atoms with Crippen molar-refractivity contribution in [1.82, 2.24) is 9.55 Å². The molecule has 1 N–H and O–H groups in total. The van der Waals surface area contributed by atoms with Crippen LogP contribution in [0.25, 0.3) is 0 Å². The van der Waals surface area contributed by atoms with Crippen LogP contribution in [-0.2, 0) is 13.2 Å². The van der Waals surface area contributed by atoms with Crippen LogP contribution in [0.5, 0.6) is 0 Å². The molecule has 1 heterocycles. The van der Waals surface area contributed by atoms with Crippen molar-refractivity contribution in [3.63, 3.8) is 0 Å². The number of aromatic nitrogens is 2. The van der Waals surface area contributed by atoms with Crippen molar-refractivity contribution in [2.24, 2.45) is 0 Å². The molecule has 0 radical (unpaired) electrons. The SMILES string of the molecule is CCCn1cnc([N+](=O)[O-])c1CO. The lowest BCUT2D eigenvalue weighted by molar-refractivity contribution is -0.390. The van der Waals surface area contributed by atoms with Crippen LogP contribution < -0.4 is 0 Å². The second-order valence-corrected chi connectivity index (χ2v) is 2.62. The van der Waals surface area contributed by atoms with Gasteiger partial charge in [-0.05, 0) is 16.3 Å². The highest BCUT2D eigenvalue weighted by molar-refractivity contribution is 5.26. The van der Waals surface area contributed by atoms with Crippen molar-refractivity contribution in [1.29, 1.82) is 0 Å².